The molecule has 0 bridgehead atoms. The quantitative estimate of drug-likeness (QED) is 0.544. The third kappa shape index (κ3) is 0.731. The fourth-order valence-electron chi connectivity index (χ4n) is 2.68. The normalized spacial score (nSPS) is 50.1. The van der Waals surface area contributed by atoms with Crippen LogP contribution in [0.2, 0.25) is 0 Å². The van der Waals surface area contributed by atoms with E-state index in [-0.39, 0.29) is 6.10 Å². The zero-order valence-corrected chi connectivity index (χ0v) is 6.80. The molecule has 0 aromatic heterocycles. The third-order valence-electron chi connectivity index (χ3n) is 3.62. The smallest absolute Gasteiger partial charge is 0.0543 e. The van der Waals surface area contributed by atoms with E-state index in [1.807, 2.05) is 0 Å². The SMILES string of the molecule is CC1(C)[C@@H]2CC[C@H](O)C[C@@H]21. The Labute approximate surface area is 62.4 Å². The van der Waals surface area contributed by atoms with Gasteiger partial charge in [-0.25, -0.2) is 0 Å². The van der Waals surface area contributed by atoms with Crippen molar-refractivity contribution in [1.82, 2.24) is 0 Å². The van der Waals surface area contributed by atoms with Crippen LogP contribution in [-0.2, 0) is 0 Å². The van der Waals surface area contributed by atoms with Crippen molar-refractivity contribution in [1.29, 1.82) is 0 Å². The summed E-state index contributed by atoms with van der Waals surface area (Å²) in [5.74, 6) is 1.78. The van der Waals surface area contributed by atoms with Crippen molar-refractivity contribution in [3.63, 3.8) is 0 Å². The summed E-state index contributed by atoms with van der Waals surface area (Å²) in [6, 6.07) is 0. The zero-order chi connectivity index (χ0) is 7.35. The Morgan fingerprint density at radius 2 is 1.90 bits per heavy atom. The van der Waals surface area contributed by atoms with Crippen molar-refractivity contribution in [3.8, 4) is 0 Å². The average Bonchev–Trinajstić information content (AvgIpc) is 2.36. The molecule has 1 nitrogen and oxygen atoms in total. The molecule has 0 heterocycles. The van der Waals surface area contributed by atoms with Crippen molar-refractivity contribution in [2.75, 3.05) is 0 Å². The number of aliphatic hydroxyl groups is 1. The molecule has 0 spiro atoms. The van der Waals surface area contributed by atoms with Gasteiger partial charge >= 0.3 is 0 Å². The number of hydrogen-bond acceptors (Lipinski definition) is 1. The summed E-state index contributed by atoms with van der Waals surface area (Å²) < 4.78 is 0. The van der Waals surface area contributed by atoms with Crippen molar-refractivity contribution < 1.29 is 5.11 Å². The first-order chi connectivity index (χ1) is 4.62. The summed E-state index contributed by atoms with van der Waals surface area (Å²) >= 11 is 0. The molecule has 10 heavy (non-hydrogen) atoms. The van der Waals surface area contributed by atoms with E-state index in [2.05, 4.69) is 13.8 Å². The van der Waals surface area contributed by atoms with Gasteiger partial charge in [0.15, 0.2) is 0 Å². The lowest BCUT2D eigenvalue weighted by Crippen LogP contribution is -2.12. The number of hydrogen-bond donors (Lipinski definition) is 1. The lowest BCUT2D eigenvalue weighted by Gasteiger charge is -2.14. The first-order valence-electron chi connectivity index (χ1n) is 4.30. The van der Waals surface area contributed by atoms with Gasteiger partial charge in [0.25, 0.3) is 0 Å². The Morgan fingerprint density at radius 3 is 2.40 bits per heavy atom. The van der Waals surface area contributed by atoms with Crippen LogP contribution in [0.1, 0.15) is 33.1 Å². The van der Waals surface area contributed by atoms with Crippen LogP contribution in [0.15, 0.2) is 0 Å². The molecular formula is C9H16O. The van der Waals surface area contributed by atoms with E-state index in [1.54, 1.807) is 0 Å². The van der Waals surface area contributed by atoms with Gasteiger partial charge in [0.1, 0.15) is 0 Å². The molecular weight excluding hydrogens is 124 g/mol. The van der Waals surface area contributed by atoms with E-state index in [1.165, 1.54) is 6.42 Å². The van der Waals surface area contributed by atoms with Crippen molar-refractivity contribution in [3.05, 3.63) is 0 Å². The minimum Gasteiger partial charge on any atom is -0.393 e. The lowest BCUT2D eigenvalue weighted by molar-refractivity contribution is 0.124. The van der Waals surface area contributed by atoms with E-state index in [4.69, 9.17) is 0 Å². The Kier molecular flexibility index (Phi) is 1.17. The molecule has 2 aliphatic carbocycles. The van der Waals surface area contributed by atoms with Gasteiger partial charge in [-0.2, -0.15) is 0 Å². The van der Waals surface area contributed by atoms with Crippen LogP contribution in [-0.4, -0.2) is 11.2 Å². The standard InChI is InChI=1S/C9H16O/c1-9(2)7-4-3-6(10)5-8(7)9/h6-8,10H,3-5H2,1-2H3/t6-,7+,8-/m0/s1. The number of fused-ring (bicyclic) bond motifs is 1. The molecule has 0 unspecified atom stereocenters. The largest absolute Gasteiger partial charge is 0.393 e. The van der Waals surface area contributed by atoms with Crippen LogP contribution in [0.5, 0.6) is 0 Å². The van der Waals surface area contributed by atoms with Crippen LogP contribution in [0.4, 0.5) is 0 Å². The molecule has 0 saturated heterocycles. The van der Waals surface area contributed by atoms with Gasteiger partial charge in [0, 0.05) is 0 Å². The maximum Gasteiger partial charge on any atom is 0.0543 e. The predicted octanol–water partition coefficient (Wildman–Crippen LogP) is 1.80. The Hall–Kier alpha value is -0.0400. The molecule has 2 aliphatic rings. The second-order valence-electron chi connectivity index (χ2n) is 4.50. The van der Waals surface area contributed by atoms with Gasteiger partial charge in [-0.3, -0.25) is 0 Å². The van der Waals surface area contributed by atoms with Crippen molar-refractivity contribution >= 4 is 0 Å². The summed E-state index contributed by atoms with van der Waals surface area (Å²) in [4.78, 5) is 0. The van der Waals surface area contributed by atoms with Crippen LogP contribution in [0.3, 0.4) is 0 Å². The van der Waals surface area contributed by atoms with Gasteiger partial charge in [0.05, 0.1) is 6.10 Å². The van der Waals surface area contributed by atoms with Crippen LogP contribution in [0, 0.1) is 17.3 Å². The average molecular weight is 140 g/mol. The maximum absolute atomic E-state index is 9.34. The summed E-state index contributed by atoms with van der Waals surface area (Å²) in [6.07, 6.45) is 3.39. The van der Waals surface area contributed by atoms with Gasteiger partial charge in [-0.05, 0) is 36.5 Å². The van der Waals surface area contributed by atoms with Crippen molar-refractivity contribution in [2.24, 2.45) is 17.3 Å². The molecule has 0 aliphatic heterocycles. The van der Waals surface area contributed by atoms with E-state index in [9.17, 15) is 5.11 Å². The number of rotatable bonds is 0. The highest BCUT2D eigenvalue weighted by molar-refractivity contribution is 5.07. The lowest BCUT2D eigenvalue weighted by atomic mass is 9.98. The summed E-state index contributed by atoms with van der Waals surface area (Å²) in [5.41, 5.74) is 0.567. The highest BCUT2D eigenvalue weighted by Crippen LogP contribution is 2.64. The van der Waals surface area contributed by atoms with Gasteiger partial charge < -0.3 is 5.11 Å². The maximum atomic E-state index is 9.34. The van der Waals surface area contributed by atoms with E-state index in [0.717, 1.165) is 24.7 Å². The van der Waals surface area contributed by atoms with E-state index >= 15 is 0 Å². The molecule has 0 amide bonds. The van der Waals surface area contributed by atoms with Crippen LogP contribution in [0.25, 0.3) is 0 Å². The summed E-state index contributed by atoms with van der Waals surface area (Å²) in [7, 11) is 0. The van der Waals surface area contributed by atoms with Crippen molar-refractivity contribution in [2.45, 2.75) is 39.2 Å². The zero-order valence-electron chi connectivity index (χ0n) is 6.80. The van der Waals surface area contributed by atoms with E-state index < -0.39 is 0 Å². The minimum absolute atomic E-state index is 0.0167. The molecule has 1 heteroatoms. The first-order valence-corrected chi connectivity index (χ1v) is 4.30. The van der Waals surface area contributed by atoms with Crippen LogP contribution >= 0.6 is 0 Å². The van der Waals surface area contributed by atoms with Crippen LogP contribution < -0.4 is 0 Å². The summed E-state index contributed by atoms with van der Waals surface area (Å²) in [6.45, 7) is 4.67. The monoisotopic (exact) mass is 140 g/mol. The molecule has 1 N–H and O–H groups in total. The molecule has 0 aromatic carbocycles. The molecule has 2 fully saturated rings. The highest BCUT2D eigenvalue weighted by Gasteiger charge is 2.58. The molecule has 0 radical (unpaired) electrons. The second-order valence-corrected chi connectivity index (χ2v) is 4.50. The Morgan fingerprint density at radius 1 is 1.20 bits per heavy atom. The van der Waals surface area contributed by atoms with Gasteiger partial charge in [-0.15, -0.1) is 0 Å². The minimum atomic E-state index is 0.0167. The number of aliphatic hydroxyl groups excluding tert-OH is 1. The third-order valence-corrected chi connectivity index (χ3v) is 3.62. The molecule has 58 valence electrons. The molecule has 2 saturated carbocycles. The Balaban J connectivity index is 2.04. The summed E-state index contributed by atoms with van der Waals surface area (Å²) in [5, 5.41) is 9.34. The Bertz CT molecular complexity index is 151. The topological polar surface area (TPSA) is 20.2 Å². The predicted molar refractivity (Wildman–Crippen MR) is 40.6 cm³/mol. The molecule has 2 rings (SSSR count). The first kappa shape index (κ1) is 6.66. The second kappa shape index (κ2) is 1.76. The fraction of sp³-hybridized carbons (Fsp3) is 1.00. The highest BCUT2D eigenvalue weighted by atomic mass is 16.3. The van der Waals surface area contributed by atoms with Gasteiger partial charge in [-0.1, -0.05) is 13.8 Å². The molecule has 0 aromatic rings. The molecule has 3 atom stereocenters. The fourth-order valence-corrected chi connectivity index (χ4v) is 2.68. The van der Waals surface area contributed by atoms with Gasteiger partial charge in [0.2, 0.25) is 0 Å². The van der Waals surface area contributed by atoms with E-state index in [0.29, 0.717) is 5.41 Å².